The van der Waals surface area contributed by atoms with Crippen LogP contribution in [-0.2, 0) is 4.79 Å². The summed E-state index contributed by atoms with van der Waals surface area (Å²) in [5, 5.41) is 27.9. The summed E-state index contributed by atoms with van der Waals surface area (Å²) in [7, 11) is 0. The number of carbonyl (C=O) groups is 2. The van der Waals surface area contributed by atoms with Gasteiger partial charge >= 0.3 is 6.03 Å². The van der Waals surface area contributed by atoms with Crippen molar-refractivity contribution in [3.8, 4) is 17.6 Å². The highest BCUT2D eigenvalue weighted by Crippen LogP contribution is 2.28. The quantitative estimate of drug-likeness (QED) is 0.0646. The summed E-state index contributed by atoms with van der Waals surface area (Å²) in [6, 6.07) is 18.1. The van der Waals surface area contributed by atoms with E-state index in [0.29, 0.717) is 29.2 Å². The summed E-state index contributed by atoms with van der Waals surface area (Å²) in [5.74, 6) is 0.131. The largest absolute Gasteiger partial charge is 0.506 e. The number of aliphatic imine (C=N–C) groups is 1. The van der Waals surface area contributed by atoms with Crippen LogP contribution in [0.5, 0.6) is 11.5 Å². The van der Waals surface area contributed by atoms with E-state index in [4.69, 9.17) is 4.74 Å². The molecule has 0 saturated carbocycles. The van der Waals surface area contributed by atoms with Crippen molar-refractivity contribution < 1.29 is 19.4 Å². The van der Waals surface area contributed by atoms with Gasteiger partial charge in [0.1, 0.15) is 17.6 Å². The first-order chi connectivity index (χ1) is 21.8. The number of nitrogens with zero attached hydrogens (tertiary/aromatic N) is 2. The maximum atomic E-state index is 13.4. The van der Waals surface area contributed by atoms with Crippen LogP contribution in [-0.4, -0.2) is 29.9 Å². The first kappa shape index (κ1) is 34.6. The van der Waals surface area contributed by atoms with Crippen molar-refractivity contribution in [2.24, 2.45) is 4.99 Å². The zero-order valence-corrected chi connectivity index (χ0v) is 26.4. The van der Waals surface area contributed by atoms with E-state index < -0.39 is 12.1 Å². The Morgan fingerprint density at radius 2 is 1.53 bits per heavy atom. The highest BCUT2D eigenvalue weighted by molar-refractivity contribution is 6.01. The molecule has 0 aliphatic carbocycles. The Balaban J connectivity index is 1.56. The van der Waals surface area contributed by atoms with Gasteiger partial charge in [-0.1, -0.05) is 82.9 Å². The fourth-order valence-electron chi connectivity index (χ4n) is 4.97. The number of hydrogen-bond donors (Lipinski definition) is 4. The van der Waals surface area contributed by atoms with Crippen LogP contribution >= 0.6 is 0 Å². The Kier molecular flexibility index (Phi) is 14.4. The predicted molar refractivity (Wildman–Crippen MR) is 182 cm³/mol. The minimum atomic E-state index is -0.702. The molecule has 0 heterocycles. The zero-order valence-electron chi connectivity index (χ0n) is 26.4. The molecule has 45 heavy (non-hydrogen) atoms. The van der Waals surface area contributed by atoms with Gasteiger partial charge < -0.3 is 25.8 Å². The van der Waals surface area contributed by atoms with Crippen molar-refractivity contribution in [1.29, 1.82) is 5.26 Å². The van der Waals surface area contributed by atoms with Crippen molar-refractivity contribution in [1.82, 2.24) is 0 Å². The highest BCUT2D eigenvalue weighted by Gasteiger charge is 2.22. The third kappa shape index (κ3) is 11.6. The second-order valence-electron chi connectivity index (χ2n) is 11.1. The Morgan fingerprint density at radius 3 is 2.18 bits per heavy atom. The number of aromatic hydroxyl groups is 1. The monoisotopic (exact) mass is 611 g/mol. The Labute approximate surface area is 266 Å². The number of nitriles is 1. The summed E-state index contributed by atoms with van der Waals surface area (Å²) < 4.78 is 6.19. The number of rotatable bonds is 18. The number of unbranched alkanes of at least 4 members (excludes halogenated alkanes) is 9. The number of aryl methyl sites for hydroxylation is 1. The average Bonchev–Trinajstić information content (AvgIpc) is 3.03. The predicted octanol–water partition coefficient (Wildman–Crippen LogP) is 9.25. The van der Waals surface area contributed by atoms with Crippen LogP contribution in [0.1, 0.15) is 88.7 Å². The van der Waals surface area contributed by atoms with E-state index in [-0.39, 0.29) is 22.9 Å². The van der Waals surface area contributed by atoms with E-state index in [1.54, 1.807) is 18.2 Å². The summed E-state index contributed by atoms with van der Waals surface area (Å²) >= 11 is 0. The Morgan fingerprint density at radius 1 is 0.889 bits per heavy atom. The first-order valence-corrected chi connectivity index (χ1v) is 15.8. The Hall–Kier alpha value is -4.84. The van der Waals surface area contributed by atoms with Gasteiger partial charge in [-0.15, -0.1) is 0 Å². The standard InChI is InChI=1S/C36H45N5O4/c1-4-5-6-7-8-9-10-11-12-13-18-34(45-33-17-15-14-16-26(33)2)35(43)39-29-20-22-31(32(42)24-29)41-36(44)40-28-19-21-30(38-3)27(23-28)25-37/h14-17,19-24,34,42H,3-13,18H2,1-2H3,(H,39,43)(H2,40,41,44). The minimum Gasteiger partial charge on any atom is -0.506 e. The molecule has 0 radical (unpaired) electrons. The summed E-state index contributed by atoms with van der Waals surface area (Å²) in [4.78, 5) is 29.7. The number of anilines is 3. The first-order valence-electron chi connectivity index (χ1n) is 15.8. The maximum absolute atomic E-state index is 13.4. The lowest BCUT2D eigenvalue weighted by Gasteiger charge is -2.20. The second kappa shape index (κ2) is 18.7. The number of para-hydroxylation sites is 1. The van der Waals surface area contributed by atoms with Crippen LogP contribution in [0, 0.1) is 18.3 Å². The SMILES string of the molecule is C=Nc1ccc(NC(=O)Nc2ccc(NC(=O)C(CCCCCCCCCCCC)Oc3ccccc3C)cc2O)cc1C#N. The topological polar surface area (TPSA) is 136 Å². The minimum absolute atomic E-state index is 0.147. The molecule has 0 aromatic heterocycles. The highest BCUT2D eigenvalue weighted by atomic mass is 16.5. The normalized spacial score (nSPS) is 11.2. The number of amides is 3. The number of nitrogens with one attached hydrogen (secondary N) is 3. The fraction of sp³-hybridized carbons (Fsp3) is 0.389. The molecule has 1 unspecified atom stereocenters. The van der Waals surface area contributed by atoms with E-state index >= 15 is 0 Å². The van der Waals surface area contributed by atoms with Crippen molar-refractivity contribution in [2.75, 3.05) is 16.0 Å². The van der Waals surface area contributed by atoms with E-state index in [9.17, 15) is 20.0 Å². The lowest BCUT2D eigenvalue weighted by Crippen LogP contribution is -2.33. The molecule has 238 valence electrons. The van der Waals surface area contributed by atoms with E-state index in [1.807, 2.05) is 37.3 Å². The van der Waals surface area contributed by atoms with Crippen LogP contribution in [0.25, 0.3) is 0 Å². The van der Waals surface area contributed by atoms with Crippen molar-refractivity contribution in [3.63, 3.8) is 0 Å². The molecule has 0 fully saturated rings. The number of phenols is 1. The maximum Gasteiger partial charge on any atom is 0.323 e. The van der Waals surface area contributed by atoms with Crippen LogP contribution in [0.15, 0.2) is 65.7 Å². The van der Waals surface area contributed by atoms with Gasteiger partial charge in [-0.25, -0.2) is 4.79 Å². The fourth-order valence-corrected chi connectivity index (χ4v) is 4.97. The lowest BCUT2D eigenvalue weighted by atomic mass is 10.0. The molecule has 3 amide bonds. The molecule has 0 saturated heterocycles. The second-order valence-corrected chi connectivity index (χ2v) is 11.1. The van der Waals surface area contributed by atoms with Crippen LogP contribution < -0.4 is 20.7 Å². The molecular weight excluding hydrogens is 566 g/mol. The smallest absolute Gasteiger partial charge is 0.323 e. The van der Waals surface area contributed by atoms with Gasteiger partial charge in [0.25, 0.3) is 5.91 Å². The van der Waals surface area contributed by atoms with Gasteiger partial charge in [-0.2, -0.15) is 5.26 Å². The van der Waals surface area contributed by atoms with Gasteiger partial charge in [0, 0.05) is 17.4 Å². The summed E-state index contributed by atoms with van der Waals surface area (Å²) in [5.41, 5.74) is 2.52. The number of hydrogen-bond acceptors (Lipinski definition) is 6. The number of urea groups is 1. The molecule has 4 N–H and O–H groups in total. The van der Waals surface area contributed by atoms with Crippen LogP contribution in [0.3, 0.4) is 0 Å². The molecule has 0 aliphatic rings. The molecule has 0 aliphatic heterocycles. The third-order valence-electron chi connectivity index (χ3n) is 7.53. The van der Waals surface area contributed by atoms with Crippen molar-refractivity contribution in [3.05, 3.63) is 71.8 Å². The van der Waals surface area contributed by atoms with E-state index in [1.165, 1.54) is 63.1 Å². The lowest BCUT2D eigenvalue weighted by molar-refractivity contribution is -0.123. The van der Waals surface area contributed by atoms with E-state index in [2.05, 4.69) is 34.6 Å². The molecule has 0 spiro atoms. The van der Waals surface area contributed by atoms with Gasteiger partial charge in [0.15, 0.2) is 6.10 Å². The summed E-state index contributed by atoms with van der Waals surface area (Å²) in [6.45, 7) is 7.60. The van der Waals surface area contributed by atoms with Gasteiger partial charge in [0.2, 0.25) is 0 Å². The van der Waals surface area contributed by atoms with Crippen molar-refractivity contribution >= 4 is 41.4 Å². The van der Waals surface area contributed by atoms with Gasteiger partial charge in [0.05, 0.1) is 16.9 Å². The molecule has 3 aromatic carbocycles. The number of ether oxygens (including phenoxy) is 1. The van der Waals surface area contributed by atoms with E-state index in [0.717, 1.165) is 24.8 Å². The summed E-state index contributed by atoms with van der Waals surface area (Å²) in [6.07, 6.45) is 11.9. The average molecular weight is 612 g/mol. The Bertz CT molecular complexity index is 1470. The molecule has 3 rings (SSSR count). The molecular formula is C36H45N5O4. The molecule has 0 bridgehead atoms. The zero-order chi connectivity index (χ0) is 32.4. The van der Waals surface area contributed by atoms with Gasteiger partial charge in [-0.3, -0.25) is 9.79 Å². The third-order valence-corrected chi connectivity index (χ3v) is 7.53. The molecule has 3 aromatic rings. The molecule has 9 nitrogen and oxygen atoms in total. The van der Waals surface area contributed by atoms with Gasteiger partial charge in [-0.05, 0) is 68.4 Å². The van der Waals surface area contributed by atoms with Crippen LogP contribution in [0.2, 0.25) is 0 Å². The number of carbonyl (C=O) groups excluding carboxylic acids is 2. The number of benzene rings is 3. The van der Waals surface area contributed by atoms with Crippen molar-refractivity contribution in [2.45, 2.75) is 90.6 Å². The molecule has 1 atom stereocenters. The van der Waals surface area contributed by atoms with Crippen LogP contribution in [0.4, 0.5) is 27.5 Å². The molecule has 9 heteroatoms. The number of phenolic OH excluding ortho intramolecular Hbond substituents is 1.